The van der Waals surface area contributed by atoms with Crippen molar-refractivity contribution >= 4 is 34.5 Å². The number of hydrogen-bond donors (Lipinski definition) is 2. The molecule has 0 radical (unpaired) electrons. The number of fused-ring (bicyclic) bond motifs is 4. The summed E-state index contributed by atoms with van der Waals surface area (Å²) in [6.07, 6.45) is 0.447. The number of aliphatic imine (C=N–C) groups is 1. The zero-order chi connectivity index (χ0) is 16.1. The van der Waals surface area contributed by atoms with Crippen molar-refractivity contribution < 1.29 is 9.47 Å². The van der Waals surface area contributed by atoms with Crippen LogP contribution in [0.1, 0.15) is 18.3 Å². The number of guanidine groups is 1. The highest BCUT2D eigenvalue weighted by Gasteiger charge is 2.28. The second kappa shape index (κ2) is 5.06. The Morgan fingerprint density at radius 2 is 2.08 bits per heavy atom. The molecule has 0 bridgehead atoms. The summed E-state index contributed by atoms with van der Waals surface area (Å²) < 4.78 is 17.4. The van der Waals surface area contributed by atoms with E-state index in [4.69, 9.17) is 15.2 Å². The van der Waals surface area contributed by atoms with Crippen molar-refractivity contribution in [1.82, 2.24) is 19.1 Å². The first-order valence-corrected chi connectivity index (χ1v) is 8.32. The molecule has 0 saturated carbocycles. The number of anilines is 1. The molecule has 9 nitrogen and oxygen atoms in total. The Hall–Kier alpha value is -2.88. The molecule has 0 saturated heterocycles. The van der Waals surface area contributed by atoms with Gasteiger partial charge in [0.1, 0.15) is 5.69 Å². The van der Waals surface area contributed by atoms with Gasteiger partial charge >= 0.3 is 0 Å². The molecule has 1 atom stereocenters. The van der Waals surface area contributed by atoms with Crippen LogP contribution in [0.5, 0.6) is 11.5 Å². The summed E-state index contributed by atoms with van der Waals surface area (Å²) in [6.45, 7) is 1.26. The van der Waals surface area contributed by atoms with E-state index in [9.17, 15) is 0 Å². The Balaban J connectivity index is 1.73. The van der Waals surface area contributed by atoms with E-state index in [2.05, 4.69) is 24.9 Å². The van der Waals surface area contributed by atoms with Gasteiger partial charge in [-0.25, -0.2) is 9.98 Å². The molecule has 0 spiro atoms. The number of benzene rings is 1. The highest BCUT2D eigenvalue weighted by Crippen LogP contribution is 2.38. The van der Waals surface area contributed by atoms with Gasteiger partial charge in [0.05, 0.1) is 24.2 Å². The minimum absolute atomic E-state index is 0.296. The second-order valence-electron chi connectivity index (χ2n) is 5.49. The van der Waals surface area contributed by atoms with Crippen LogP contribution in [0.25, 0.3) is 11.0 Å². The number of nitrogens with two attached hydrogens (primary N) is 1. The van der Waals surface area contributed by atoms with Crippen LogP contribution < -0.4 is 20.5 Å². The highest BCUT2D eigenvalue weighted by molar-refractivity contribution is 7.03. The molecule has 0 fully saturated rings. The summed E-state index contributed by atoms with van der Waals surface area (Å²) in [5, 5.41) is 8.99. The monoisotopic (exact) mass is 343 g/mol. The standard InChI is InChI=1S/C14H13N7O2S/c15-13-17-12(8-6-24-20-19-8)21-9-5-11-10(22-2-1-3-23-11)4-7(9)16-14(21)18-13/h4-6,12H,1-3H2,(H3,15,16,17,18)/t12-/m1/s1. The first-order chi connectivity index (χ1) is 11.8. The lowest BCUT2D eigenvalue weighted by molar-refractivity contribution is 0.297. The van der Waals surface area contributed by atoms with Gasteiger partial charge in [0, 0.05) is 23.9 Å². The normalized spacial score (nSPS) is 19.3. The molecule has 0 unspecified atom stereocenters. The molecule has 0 amide bonds. The molecule has 2 aliphatic heterocycles. The Labute approximate surface area is 140 Å². The van der Waals surface area contributed by atoms with Crippen molar-refractivity contribution in [1.29, 1.82) is 0 Å². The average molecular weight is 343 g/mol. The van der Waals surface area contributed by atoms with Gasteiger partial charge in [-0.15, -0.1) is 5.10 Å². The van der Waals surface area contributed by atoms with Crippen LogP contribution >= 0.6 is 11.5 Å². The minimum atomic E-state index is -0.408. The van der Waals surface area contributed by atoms with E-state index >= 15 is 0 Å². The number of nitrogens with one attached hydrogen (secondary N) is 1. The molecule has 1 aromatic carbocycles. The number of ether oxygens (including phenoxy) is 2. The Morgan fingerprint density at radius 3 is 2.88 bits per heavy atom. The van der Waals surface area contributed by atoms with Gasteiger partial charge < -0.3 is 15.2 Å². The van der Waals surface area contributed by atoms with E-state index in [0.717, 1.165) is 23.1 Å². The van der Waals surface area contributed by atoms with Crippen LogP contribution in [0.3, 0.4) is 0 Å². The number of nitrogens with zero attached hydrogens (tertiary/aromatic N) is 5. The SMILES string of the molecule is NC1=N[C@@H](c2csnn2)n2c(nc3cc4c(cc32)OCCCO4)N1. The van der Waals surface area contributed by atoms with Crippen LogP contribution in [0.2, 0.25) is 0 Å². The van der Waals surface area contributed by atoms with E-state index in [1.807, 2.05) is 22.1 Å². The van der Waals surface area contributed by atoms with Gasteiger partial charge in [-0.3, -0.25) is 9.88 Å². The lowest BCUT2D eigenvalue weighted by Crippen LogP contribution is -2.31. The van der Waals surface area contributed by atoms with Gasteiger partial charge in [0.15, 0.2) is 23.6 Å². The molecule has 5 rings (SSSR count). The summed E-state index contributed by atoms with van der Waals surface area (Å²) in [7, 11) is 0. The van der Waals surface area contributed by atoms with Crippen molar-refractivity contribution in [2.45, 2.75) is 12.6 Å². The summed E-state index contributed by atoms with van der Waals surface area (Å²) in [5.74, 6) is 2.32. The topological polar surface area (TPSA) is 112 Å². The fraction of sp³-hybridized carbons (Fsp3) is 0.286. The molecule has 2 aliphatic rings. The predicted molar refractivity (Wildman–Crippen MR) is 88.6 cm³/mol. The summed E-state index contributed by atoms with van der Waals surface area (Å²) in [4.78, 5) is 9.07. The smallest absolute Gasteiger partial charge is 0.212 e. The van der Waals surface area contributed by atoms with Crippen molar-refractivity contribution in [3.05, 3.63) is 23.2 Å². The zero-order valence-electron chi connectivity index (χ0n) is 12.5. The molecule has 24 heavy (non-hydrogen) atoms. The third-order valence-corrected chi connectivity index (χ3v) is 4.47. The fourth-order valence-electron chi connectivity index (χ4n) is 2.91. The van der Waals surface area contributed by atoms with Crippen LogP contribution in [0.15, 0.2) is 22.5 Å². The Bertz CT molecular complexity index is 950. The van der Waals surface area contributed by atoms with Gasteiger partial charge in [0.25, 0.3) is 0 Å². The molecule has 3 N–H and O–H groups in total. The lowest BCUT2D eigenvalue weighted by Gasteiger charge is -2.21. The van der Waals surface area contributed by atoms with Crippen LogP contribution in [0, 0.1) is 0 Å². The maximum atomic E-state index is 5.90. The van der Waals surface area contributed by atoms with Crippen molar-refractivity contribution in [3.63, 3.8) is 0 Å². The summed E-state index contributed by atoms with van der Waals surface area (Å²) >= 11 is 1.27. The highest BCUT2D eigenvalue weighted by atomic mass is 32.1. The molecule has 2 aromatic heterocycles. The predicted octanol–water partition coefficient (Wildman–Crippen LogP) is 1.34. The second-order valence-corrected chi connectivity index (χ2v) is 6.10. The molecular weight excluding hydrogens is 330 g/mol. The van der Waals surface area contributed by atoms with Gasteiger partial charge in [-0.1, -0.05) is 4.49 Å². The van der Waals surface area contributed by atoms with Crippen LogP contribution in [-0.4, -0.2) is 38.3 Å². The summed E-state index contributed by atoms with van der Waals surface area (Å²) in [6, 6.07) is 3.81. The van der Waals surface area contributed by atoms with Gasteiger partial charge in [-0.2, -0.15) is 0 Å². The lowest BCUT2D eigenvalue weighted by atomic mass is 10.2. The van der Waals surface area contributed by atoms with Crippen LogP contribution in [-0.2, 0) is 0 Å². The van der Waals surface area contributed by atoms with Crippen molar-refractivity contribution in [2.75, 3.05) is 18.5 Å². The Kier molecular flexibility index (Phi) is 2.86. The third-order valence-electron chi connectivity index (χ3n) is 3.95. The first-order valence-electron chi connectivity index (χ1n) is 7.48. The quantitative estimate of drug-likeness (QED) is 0.685. The van der Waals surface area contributed by atoms with Gasteiger partial charge in [0.2, 0.25) is 5.95 Å². The minimum Gasteiger partial charge on any atom is -0.489 e. The van der Waals surface area contributed by atoms with E-state index < -0.39 is 6.17 Å². The largest absolute Gasteiger partial charge is 0.489 e. The fourth-order valence-corrected chi connectivity index (χ4v) is 3.37. The van der Waals surface area contributed by atoms with E-state index in [-0.39, 0.29) is 0 Å². The number of imidazole rings is 1. The molecule has 122 valence electrons. The first kappa shape index (κ1) is 13.5. The maximum absolute atomic E-state index is 5.90. The third kappa shape index (κ3) is 1.99. The van der Waals surface area contributed by atoms with E-state index in [1.54, 1.807) is 0 Å². The zero-order valence-corrected chi connectivity index (χ0v) is 13.3. The number of rotatable bonds is 1. The molecule has 4 heterocycles. The summed E-state index contributed by atoms with van der Waals surface area (Å²) in [5.41, 5.74) is 8.27. The van der Waals surface area contributed by atoms with Crippen molar-refractivity contribution in [3.8, 4) is 11.5 Å². The van der Waals surface area contributed by atoms with E-state index in [1.165, 1.54) is 11.5 Å². The molecule has 10 heteroatoms. The van der Waals surface area contributed by atoms with E-state index in [0.29, 0.717) is 36.6 Å². The molecular formula is C14H13N7O2S. The number of aromatic nitrogens is 4. The van der Waals surface area contributed by atoms with Gasteiger partial charge in [-0.05, 0) is 11.5 Å². The molecule has 3 aromatic rings. The molecule has 0 aliphatic carbocycles. The van der Waals surface area contributed by atoms with Crippen molar-refractivity contribution in [2.24, 2.45) is 10.7 Å². The van der Waals surface area contributed by atoms with Crippen LogP contribution in [0.4, 0.5) is 5.95 Å². The number of hydrogen-bond acceptors (Lipinski definition) is 9. The average Bonchev–Trinajstić information content (AvgIpc) is 3.15. The Morgan fingerprint density at radius 1 is 1.25 bits per heavy atom. The maximum Gasteiger partial charge on any atom is 0.212 e.